The first-order valence-electron chi connectivity index (χ1n) is 10.6. The smallest absolute Gasteiger partial charge is 0.356 e. The van der Waals surface area contributed by atoms with Crippen molar-refractivity contribution in [3.63, 3.8) is 0 Å². The number of anilines is 1. The summed E-state index contributed by atoms with van der Waals surface area (Å²) in [6, 6.07) is 23.5. The molecule has 5 rings (SSSR count). The summed E-state index contributed by atoms with van der Waals surface area (Å²) in [6.07, 6.45) is 0. The summed E-state index contributed by atoms with van der Waals surface area (Å²) < 4.78 is 6.49. The van der Waals surface area contributed by atoms with Gasteiger partial charge in [0, 0.05) is 21.9 Å². The van der Waals surface area contributed by atoms with E-state index in [2.05, 4.69) is 46.7 Å². The summed E-state index contributed by atoms with van der Waals surface area (Å²) in [7, 11) is 0. The highest BCUT2D eigenvalue weighted by Crippen LogP contribution is 2.39. The quantitative estimate of drug-likeness (QED) is 0.268. The molecule has 2 aromatic heterocycles. The Hall–Kier alpha value is -3.83. The van der Waals surface area contributed by atoms with E-state index in [1.165, 1.54) is 0 Å². The number of aromatic nitrogens is 1. The summed E-state index contributed by atoms with van der Waals surface area (Å²) in [5.74, 6) is -1.14. The average Bonchev–Trinajstić information content (AvgIpc) is 3.18. The van der Waals surface area contributed by atoms with E-state index in [0.29, 0.717) is 5.69 Å². The second kappa shape index (κ2) is 8.26. The first kappa shape index (κ1) is 21.0. The number of nitrogens with one attached hydrogen (secondary N) is 1. The maximum atomic E-state index is 11.7. The molecule has 3 aromatic carbocycles. The van der Waals surface area contributed by atoms with Gasteiger partial charge in [-0.3, -0.25) is 0 Å². The predicted octanol–water partition coefficient (Wildman–Crippen LogP) is 7.48. The molecule has 1 atom stereocenters. The molecule has 0 radical (unpaired) electrons. The molecule has 5 nitrogen and oxygen atoms in total. The zero-order valence-electron chi connectivity index (χ0n) is 18.1. The molecule has 2 heterocycles. The minimum Gasteiger partial charge on any atom is -0.476 e. The molecule has 0 fully saturated rings. The Morgan fingerprint density at radius 1 is 1.00 bits per heavy atom. The van der Waals surface area contributed by atoms with Gasteiger partial charge in [0.1, 0.15) is 16.3 Å². The van der Waals surface area contributed by atoms with Crippen LogP contribution in [0.15, 0.2) is 77.2 Å². The lowest BCUT2D eigenvalue weighted by Crippen LogP contribution is -2.12. The summed E-state index contributed by atoms with van der Waals surface area (Å²) in [5, 5.41) is 15.0. The van der Waals surface area contributed by atoms with Crippen LogP contribution in [-0.2, 0) is 0 Å². The second-order valence-electron chi connectivity index (χ2n) is 8.08. The van der Waals surface area contributed by atoms with Crippen molar-refractivity contribution in [2.45, 2.75) is 19.9 Å². The fourth-order valence-corrected chi connectivity index (χ4v) is 4.42. The van der Waals surface area contributed by atoms with Gasteiger partial charge in [-0.15, -0.1) is 0 Å². The van der Waals surface area contributed by atoms with Gasteiger partial charge in [-0.2, -0.15) is 0 Å². The van der Waals surface area contributed by atoms with Crippen LogP contribution in [0.1, 0.15) is 34.6 Å². The molecule has 0 unspecified atom stereocenters. The van der Waals surface area contributed by atoms with E-state index in [9.17, 15) is 9.90 Å². The molecule has 0 bridgehead atoms. The summed E-state index contributed by atoms with van der Waals surface area (Å²) in [5.41, 5.74) is 6.03. The molecule has 33 heavy (non-hydrogen) atoms. The van der Waals surface area contributed by atoms with E-state index < -0.39 is 5.97 Å². The molecule has 0 spiro atoms. The first-order valence-corrected chi connectivity index (χ1v) is 11.0. The molecule has 0 aliphatic rings. The molecule has 0 saturated carbocycles. The number of pyridine rings is 1. The second-order valence-corrected chi connectivity index (χ2v) is 8.47. The lowest BCUT2D eigenvalue weighted by Gasteiger charge is -2.18. The number of nitrogens with zero attached hydrogens (tertiary/aromatic N) is 1. The maximum absolute atomic E-state index is 11.7. The average molecular weight is 457 g/mol. The Kier molecular flexibility index (Phi) is 5.27. The number of aryl methyl sites for hydroxylation is 1. The minimum atomic E-state index is -1.14. The lowest BCUT2D eigenvalue weighted by molar-refractivity contribution is 0.0691. The third-order valence-corrected chi connectivity index (χ3v) is 5.97. The van der Waals surface area contributed by atoms with E-state index in [1.807, 2.05) is 38.1 Å². The number of hydrogen-bond donors (Lipinski definition) is 2. The molecular weight excluding hydrogens is 436 g/mol. The predicted molar refractivity (Wildman–Crippen MR) is 132 cm³/mol. The van der Waals surface area contributed by atoms with Crippen LogP contribution in [-0.4, -0.2) is 16.1 Å². The molecule has 6 heteroatoms. The van der Waals surface area contributed by atoms with Crippen molar-refractivity contribution in [2.24, 2.45) is 0 Å². The molecule has 2 N–H and O–H groups in total. The van der Waals surface area contributed by atoms with Crippen LogP contribution in [0.25, 0.3) is 33.1 Å². The van der Waals surface area contributed by atoms with Crippen molar-refractivity contribution < 1.29 is 14.3 Å². The number of para-hydroxylation sites is 1. The highest BCUT2D eigenvalue weighted by atomic mass is 35.5. The van der Waals surface area contributed by atoms with Crippen LogP contribution >= 0.6 is 11.6 Å². The zero-order valence-corrected chi connectivity index (χ0v) is 18.9. The fourth-order valence-electron chi connectivity index (χ4n) is 4.27. The van der Waals surface area contributed by atoms with Crippen LogP contribution in [0.4, 0.5) is 5.69 Å². The van der Waals surface area contributed by atoms with Crippen LogP contribution in [0.5, 0.6) is 0 Å². The van der Waals surface area contributed by atoms with Gasteiger partial charge in [0.05, 0.1) is 11.7 Å². The normalized spacial score (nSPS) is 12.2. The monoisotopic (exact) mass is 456 g/mol. The third-order valence-electron chi connectivity index (χ3n) is 5.76. The fraction of sp³-hybridized carbons (Fsp3) is 0.111. The number of furan rings is 1. The Bertz CT molecular complexity index is 1510. The Labute approximate surface area is 195 Å². The Morgan fingerprint density at radius 3 is 2.55 bits per heavy atom. The number of fused-ring (bicyclic) bond motifs is 3. The van der Waals surface area contributed by atoms with Gasteiger partial charge in [0.25, 0.3) is 0 Å². The van der Waals surface area contributed by atoms with Gasteiger partial charge in [-0.25, -0.2) is 9.78 Å². The van der Waals surface area contributed by atoms with Gasteiger partial charge >= 0.3 is 5.97 Å². The summed E-state index contributed by atoms with van der Waals surface area (Å²) >= 11 is 5.91. The number of benzene rings is 3. The number of carboxylic acid groups (broad SMARTS) is 1. The Balaban J connectivity index is 1.66. The standard InChI is InChI=1S/C27H21ClN2O3/c1-15-13-20(16(2)29-22-11-12-23(28)30-24(22)27(31)32)26-21(14-15)19-10-6-9-18(25(19)33-26)17-7-4-3-5-8-17/h3-14,16,29H,1-2H3,(H,31,32)/t16-/m1/s1. The van der Waals surface area contributed by atoms with Crippen LogP contribution in [0, 0.1) is 6.92 Å². The highest BCUT2D eigenvalue weighted by Gasteiger charge is 2.20. The number of carbonyl (C=O) groups is 1. The Morgan fingerprint density at radius 2 is 1.79 bits per heavy atom. The molecule has 5 aromatic rings. The van der Waals surface area contributed by atoms with Gasteiger partial charge in [0.2, 0.25) is 0 Å². The van der Waals surface area contributed by atoms with Crippen molar-refractivity contribution in [3.8, 4) is 11.1 Å². The van der Waals surface area contributed by atoms with Crippen LogP contribution in [0.2, 0.25) is 5.15 Å². The van der Waals surface area contributed by atoms with E-state index in [1.54, 1.807) is 12.1 Å². The largest absolute Gasteiger partial charge is 0.476 e. The molecule has 0 aliphatic carbocycles. The number of rotatable bonds is 5. The van der Waals surface area contributed by atoms with Crippen LogP contribution in [0.3, 0.4) is 0 Å². The molecule has 0 aliphatic heterocycles. The number of halogens is 1. The van der Waals surface area contributed by atoms with E-state index in [4.69, 9.17) is 16.0 Å². The molecule has 164 valence electrons. The lowest BCUT2D eigenvalue weighted by atomic mass is 9.99. The number of aromatic carboxylic acids is 1. The molecular formula is C27H21ClN2O3. The topological polar surface area (TPSA) is 75.4 Å². The van der Waals surface area contributed by atoms with Crippen molar-refractivity contribution in [1.82, 2.24) is 4.98 Å². The van der Waals surface area contributed by atoms with E-state index in [0.717, 1.165) is 44.2 Å². The first-order chi connectivity index (χ1) is 15.9. The van der Waals surface area contributed by atoms with Crippen molar-refractivity contribution in [1.29, 1.82) is 0 Å². The summed E-state index contributed by atoms with van der Waals surface area (Å²) in [4.78, 5) is 15.6. The van der Waals surface area contributed by atoms with Crippen LogP contribution < -0.4 is 5.32 Å². The van der Waals surface area contributed by atoms with E-state index in [-0.39, 0.29) is 16.9 Å². The van der Waals surface area contributed by atoms with Gasteiger partial charge < -0.3 is 14.8 Å². The number of hydrogen-bond acceptors (Lipinski definition) is 4. The third kappa shape index (κ3) is 3.81. The molecule has 0 saturated heterocycles. The van der Waals surface area contributed by atoms with E-state index >= 15 is 0 Å². The van der Waals surface area contributed by atoms with Gasteiger partial charge in [0.15, 0.2) is 5.69 Å². The summed E-state index contributed by atoms with van der Waals surface area (Å²) in [6.45, 7) is 4.02. The SMILES string of the molecule is Cc1cc([C@@H](C)Nc2ccc(Cl)nc2C(=O)O)c2oc3c(-c4ccccc4)cccc3c2c1. The molecule has 0 amide bonds. The van der Waals surface area contributed by atoms with Gasteiger partial charge in [-0.05, 0) is 43.2 Å². The van der Waals surface area contributed by atoms with Crippen molar-refractivity contribution in [3.05, 3.63) is 94.8 Å². The van der Waals surface area contributed by atoms with Crippen molar-refractivity contribution >= 4 is 45.2 Å². The maximum Gasteiger partial charge on any atom is 0.356 e. The zero-order chi connectivity index (χ0) is 23.1. The van der Waals surface area contributed by atoms with Gasteiger partial charge in [-0.1, -0.05) is 66.2 Å². The minimum absolute atomic E-state index is 0.116. The highest BCUT2D eigenvalue weighted by molar-refractivity contribution is 6.29. The number of carboxylic acids is 1. The van der Waals surface area contributed by atoms with Crippen molar-refractivity contribution in [2.75, 3.05) is 5.32 Å².